The van der Waals surface area contributed by atoms with Crippen LogP contribution in [0.25, 0.3) is 0 Å². The first-order chi connectivity index (χ1) is 38.6. The number of ether oxygens (including phenoxy) is 12. The van der Waals surface area contributed by atoms with Crippen LogP contribution in [-0.4, -0.2) is 362 Å². The maximum atomic E-state index is 11.9. The van der Waals surface area contributed by atoms with Crippen LogP contribution in [0.15, 0.2) is 0 Å². The highest BCUT2D eigenvalue weighted by atomic mass is 16.8. The molecule has 6 saturated heterocycles. The molecule has 0 aromatic carbocycles. The van der Waals surface area contributed by atoms with Gasteiger partial charge in [0.1, 0.15) is 168 Å². The van der Waals surface area contributed by atoms with Crippen LogP contribution >= 0.6 is 0 Å². The molecule has 37 heteroatoms. The van der Waals surface area contributed by atoms with Crippen molar-refractivity contribution < 1.29 is 174 Å². The third kappa shape index (κ3) is 14.8. The minimum Gasteiger partial charge on any atom is -0.447 e. The van der Waals surface area contributed by atoms with Crippen LogP contribution in [-0.2, 0) is 56.8 Å². The number of nitrogens with one attached hydrogen (secondary N) is 2. The highest BCUT2D eigenvalue weighted by Gasteiger charge is 2.65. The van der Waals surface area contributed by atoms with Gasteiger partial charge in [-0.1, -0.05) is 13.8 Å². The number of alkyl carbamates (subject to hydrolysis) is 2. The summed E-state index contributed by atoms with van der Waals surface area (Å²) in [6, 6.07) is 0. The summed E-state index contributed by atoms with van der Waals surface area (Å²) in [6.45, 7) is -5.82. The SMILES string of the molecule is CCCNC(=O)OC[C@H]1O[C@@](CO[C@]2(CO)O[C@H](CO)C(O)[C@H]2O)(OC[C@@]2(O)OC(CO)[C@@H](O)C(O)[C@@H]2O)[C@H](O)C1O.CCCNC(=O)OC[C@H]1O[C@@](CO[C@]2(CO)O[C@H](CO)C(O)[C@H]2O)(O[C@H]2OC(CO)[C@@H](O)C(O)[C@@H]2O)[C@H](O)C1O. The summed E-state index contributed by atoms with van der Waals surface area (Å²) in [5.74, 6) is -12.8. The first-order valence-electron chi connectivity index (χ1n) is 26.0. The molecule has 480 valence electrons. The van der Waals surface area contributed by atoms with Crippen LogP contribution in [0.5, 0.6) is 0 Å². The fourth-order valence-electron chi connectivity index (χ4n) is 9.36. The lowest BCUT2D eigenvalue weighted by molar-refractivity contribution is -0.399. The van der Waals surface area contributed by atoms with Crippen molar-refractivity contribution in [2.45, 2.75) is 184 Å². The summed E-state index contributed by atoms with van der Waals surface area (Å²) < 4.78 is 64.7. The standard InChI is InChI=1S/C23H41NO18.C22H39NO17/c1-2-3-24-20(35)37-6-12-15(30)19(34)23(42-12,9-39-22(7-27)18(33)14(29)11(5-26)41-22)38-8-21(36)17(32)16(31)13(28)10(4-25)40-21;1-2-3-23-20(34)35-6-11-14(29)18(33)22(39-11,40-19-16(31)15(30)12(27)9(4-24)37-19)8-36-21(7-26)17(32)13(28)10(5-25)38-21/h10-19,25-34,36H,2-9H2,1H3,(H,24,35);9-19,24-33H,2-8H2,1H3,(H,23,34)/t10?,11-,12-,13-,14?,15?,16?,17+,18-,19-,21-,22-,23-;9?,10-,11-,12-,13?,14?,15?,16+,17-,18-,19-,21-,22+/m11/s1. The number of amides is 2. The number of carbonyl (C=O) groups excluding carboxylic acids is 2. The fourth-order valence-corrected chi connectivity index (χ4v) is 9.36. The lowest BCUT2D eigenvalue weighted by atomic mass is 9.93. The van der Waals surface area contributed by atoms with Crippen LogP contribution in [0, 0.1) is 0 Å². The number of aliphatic hydroxyl groups excluding tert-OH is 20. The van der Waals surface area contributed by atoms with E-state index in [2.05, 4.69) is 10.6 Å². The van der Waals surface area contributed by atoms with Crippen molar-refractivity contribution >= 4 is 12.2 Å². The van der Waals surface area contributed by atoms with Gasteiger partial charge in [0.15, 0.2) is 6.29 Å². The molecular formula is C45H80N2O35. The van der Waals surface area contributed by atoms with E-state index in [1.54, 1.807) is 13.8 Å². The van der Waals surface area contributed by atoms with Crippen molar-refractivity contribution in [3.05, 3.63) is 0 Å². The Bertz CT molecular complexity index is 1970. The van der Waals surface area contributed by atoms with Crippen molar-refractivity contribution in [1.29, 1.82) is 0 Å². The molecule has 0 spiro atoms. The van der Waals surface area contributed by atoms with E-state index in [0.717, 1.165) is 0 Å². The summed E-state index contributed by atoms with van der Waals surface area (Å²) in [5.41, 5.74) is 0. The molecule has 0 radical (unpaired) electrons. The molecule has 0 aromatic rings. The zero-order valence-electron chi connectivity index (χ0n) is 44.3. The highest BCUT2D eigenvalue weighted by Crippen LogP contribution is 2.42. The highest BCUT2D eigenvalue weighted by molar-refractivity contribution is 5.67. The van der Waals surface area contributed by atoms with Gasteiger partial charge < -0.3 is 175 Å². The zero-order chi connectivity index (χ0) is 61.3. The van der Waals surface area contributed by atoms with Gasteiger partial charge in [-0.2, -0.15) is 0 Å². The summed E-state index contributed by atoms with van der Waals surface area (Å²) >= 11 is 0. The Morgan fingerprint density at radius 2 is 0.780 bits per heavy atom. The number of hydrogen-bond donors (Lipinski definition) is 23. The second-order valence-electron chi connectivity index (χ2n) is 20.1. The number of hydrogen-bond acceptors (Lipinski definition) is 35. The van der Waals surface area contributed by atoms with E-state index in [1.807, 2.05) is 0 Å². The number of carbonyl (C=O) groups is 2. The summed E-state index contributed by atoms with van der Waals surface area (Å²) in [5, 5.41) is 219. The van der Waals surface area contributed by atoms with E-state index in [-0.39, 0.29) is 6.54 Å². The van der Waals surface area contributed by atoms with E-state index >= 15 is 0 Å². The zero-order valence-corrected chi connectivity index (χ0v) is 44.3. The average Bonchev–Trinajstić information content (AvgIpc) is 4.10. The largest absolute Gasteiger partial charge is 0.447 e. The molecule has 6 rings (SSSR count). The smallest absolute Gasteiger partial charge is 0.407 e. The van der Waals surface area contributed by atoms with E-state index < -0.39 is 242 Å². The Morgan fingerprint density at radius 3 is 1.21 bits per heavy atom. The Kier molecular flexibility index (Phi) is 25.5. The summed E-state index contributed by atoms with van der Waals surface area (Å²) in [6.07, 6.45) is -38.1. The third-order valence-electron chi connectivity index (χ3n) is 14.4. The molecule has 37 nitrogen and oxygen atoms in total. The molecule has 2 amide bonds. The summed E-state index contributed by atoms with van der Waals surface area (Å²) in [4.78, 5) is 23.8. The normalized spacial score (nSPS) is 45.6. The monoisotopic (exact) mass is 1210 g/mol. The number of rotatable bonds is 25. The lowest BCUT2D eigenvalue weighted by Crippen LogP contribution is -2.68. The molecule has 6 aliphatic heterocycles. The molecule has 0 saturated carbocycles. The van der Waals surface area contributed by atoms with Gasteiger partial charge in [-0.25, -0.2) is 9.59 Å². The molecular weight excluding hydrogens is 1130 g/mol. The van der Waals surface area contributed by atoms with Crippen molar-refractivity contribution in [3.63, 3.8) is 0 Å². The van der Waals surface area contributed by atoms with Gasteiger partial charge in [0.05, 0.1) is 26.4 Å². The second-order valence-corrected chi connectivity index (χ2v) is 20.1. The predicted octanol–water partition coefficient (Wildman–Crippen LogP) is -13.5. The topological polar surface area (TPSA) is 594 Å². The van der Waals surface area contributed by atoms with Crippen LogP contribution in [0.1, 0.15) is 26.7 Å². The van der Waals surface area contributed by atoms with Crippen molar-refractivity contribution in [2.75, 3.05) is 85.8 Å². The van der Waals surface area contributed by atoms with Gasteiger partial charge in [0.2, 0.25) is 28.9 Å². The molecule has 0 bridgehead atoms. The van der Waals surface area contributed by atoms with Crippen molar-refractivity contribution in [3.8, 4) is 0 Å². The summed E-state index contributed by atoms with van der Waals surface area (Å²) in [7, 11) is 0. The van der Waals surface area contributed by atoms with Crippen LogP contribution in [0.2, 0.25) is 0 Å². The Balaban J connectivity index is 0.000000301. The lowest BCUT2D eigenvalue weighted by Gasteiger charge is -2.46. The van der Waals surface area contributed by atoms with E-state index in [0.29, 0.717) is 19.4 Å². The Hall–Kier alpha value is -2.70. The maximum absolute atomic E-state index is 11.9. The van der Waals surface area contributed by atoms with Gasteiger partial charge in [0.25, 0.3) is 0 Å². The van der Waals surface area contributed by atoms with Gasteiger partial charge in [-0.3, -0.25) is 0 Å². The molecule has 0 aromatic heterocycles. The fraction of sp³-hybridized carbons (Fsp3) is 0.956. The van der Waals surface area contributed by atoms with E-state index in [9.17, 15) is 117 Å². The first-order valence-corrected chi connectivity index (χ1v) is 26.0. The molecule has 26 atom stereocenters. The van der Waals surface area contributed by atoms with E-state index in [4.69, 9.17) is 56.8 Å². The number of aliphatic hydroxyl groups is 21. The van der Waals surface area contributed by atoms with Gasteiger partial charge in [-0.15, -0.1) is 0 Å². The Labute approximate surface area is 465 Å². The van der Waals surface area contributed by atoms with Crippen LogP contribution in [0.4, 0.5) is 9.59 Å². The minimum absolute atomic E-state index is 0.277. The van der Waals surface area contributed by atoms with Gasteiger partial charge >= 0.3 is 12.2 Å². The van der Waals surface area contributed by atoms with Gasteiger partial charge in [-0.05, 0) is 12.8 Å². The van der Waals surface area contributed by atoms with Crippen LogP contribution in [0.3, 0.4) is 0 Å². The molecule has 6 aliphatic rings. The average molecular weight is 1210 g/mol. The molecule has 23 N–H and O–H groups in total. The molecule has 82 heavy (non-hydrogen) atoms. The van der Waals surface area contributed by atoms with Crippen molar-refractivity contribution in [1.82, 2.24) is 10.6 Å². The molecule has 6 heterocycles. The van der Waals surface area contributed by atoms with Crippen molar-refractivity contribution in [2.24, 2.45) is 0 Å². The third-order valence-corrected chi connectivity index (χ3v) is 14.4. The van der Waals surface area contributed by atoms with Gasteiger partial charge in [0, 0.05) is 13.1 Å². The second kappa shape index (κ2) is 29.8. The predicted molar refractivity (Wildman–Crippen MR) is 254 cm³/mol. The minimum atomic E-state index is -2.85. The molecule has 8 unspecified atom stereocenters. The Morgan fingerprint density at radius 1 is 0.415 bits per heavy atom. The molecule has 0 aliphatic carbocycles. The van der Waals surface area contributed by atoms with E-state index in [1.165, 1.54) is 0 Å². The quantitative estimate of drug-likeness (QED) is 0.0404. The first kappa shape index (κ1) is 70.1. The maximum Gasteiger partial charge on any atom is 0.407 e. The van der Waals surface area contributed by atoms with Crippen LogP contribution < -0.4 is 10.6 Å². The molecule has 6 fully saturated rings.